The van der Waals surface area contributed by atoms with E-state index in [0.29, 0.717) is 4.58 Å². The molecule has 118 valence electrons. The molecule has 22 heavy (non-hydrogen) atoms. The fourth-order valence-electron chi connectivity index (χ4n) is 1.77. The molecule has 1 heterocycles. The largest absolute Gasteiger partial charge is 0.459 e. The maximum atomic E-state index is 11.1. The molecular weight excluding hydrogens is 400 g/mol. The number of benzene rings is 1. The van der Waals surface area contributed by atoms with Gasteiger partial charge in [-0.15, -0.1) is 23.5 Å². The highest BCUT2D eigenvalue weighted by Crippen LogP contribution is 2.51. The van der Waals surface area contributed by atoms with Gasteiger partial charge in [0.05, 0.1) is 4.58 Å². The van der Waals surface area contributed by atoms with E-state index in [2.05, 4.69) is 52.2 Å². The highest BCUT2D eigenvalue weighted by Gasteiger charge is 2.20. The van der Waals surface area contributed by atoms with Crippen molar-refractivity contribution in [1.29, 1.82) is 0 Å². The second-order valence-electron chi connectivity index (χ2n) is 4.69. The van der Waals surface area contributed by atoms with E-state index in [4.69, 9.17) is 4.74 Å². The van der Waals surface area contributed by atoms with Crippen LogP contribution in [-0.2, 0) is 9.53 Å². The van der Waals surface area contributed by atoms with Crippen LogP contribution in [0.3, 0.4) is 0 Å². The van der Waals surface area contributed by atoms with E-state index in [9.17, 15) is 4.79 Å². The minimum atomic E-state index is -0.353. The molecule has 0 N–H and O–H groups in total. The lowest BCUT2D eigenvalue weighted by Gasteiger charge is -2.12. The van der Waals surface area contributed by atoms with Crippen LogP contribution in [0.25, 0.3) is 0 Å². The first-order chi connectivity index (χ1) is 10.6. The fourth-order valence-corrected chi connectivity index (χ4v) is 5.86. The number of thioether (sulfide) groups is 3. The molecule has 1 aliphatic heterocycles. The summed E-state index contributed by atoms with van der Waals surface area (Å²) in [5.74, 6) is 1.40. The molecular formula is C16H17BrO2S3. The molecule has 1 aromatic rings. The van der Waals surface area contributed by atoms with Crippen molar-refractivity contribution in [2.75, 3.05) is 11.5 Å². The zero-order chi connectivity index (χ0) is 15.9. The number of rotatable bonds is 7. The molecule has 0 amide bonds. The van der Waals surface area contributed by atoms with E-state index in [1.165, 1.54) is 16.5 Å². The van der Waals surface area contributed by atoms with Gasteiger partial charge in [-0.1, -0.05) is 34.6 Å². The molecule has 0 saturated heterocycles. The lowest BCUT2D eigenvalue weighted by molar-refractivity contribution is -0.141. The zero-order valence-corrected chi connectivity index (χ0v) is 16.2. The summed E-state index contributed by atoms with van der Waals surface area (Å²) in [7, 11) is 0. The van der Waals surface area contributed by atoms with E-state index >= 15 is 0 Å². The van der Waals surface area contributed by atoms with Crippen LogP contribution in [-0.4, -0.2) is 23.6 Å². The van der Waals surface area contributed by atoms with Crippen molar-refractivity contribution in [3.8, 4) is 0 Å². The van der Waals surface area contributed by atoms with E-state index in [0.717, 1.165) is 16.0 Å². The smallest absolute Gasteiger partial charge is 0.330 e. The van der Waals surface area contributed by atoms with Gasteiger partial charge in [0.2, 0.25) is 0 Å². The van der Waals surface area contributed by atoms with Gasteiger partial charge in [-0.05, 0) is 30.0 Å². The summed E-state index contributed by atoms with van der Waals surface area (Å²) in [6, 6.07) is 8.49. The molecule has 2 unspecified atom stereocenters. The first-order valence-corrected chi connectivity index (χ1v) is 10.5. The van der Waals surface area contributed by atoms with Gasteiger partial charge in [0.1, 0.15) is 6.10 Å². The van der Waals surface area contributed by atoms with E-state index in [-0.39, 0.29) is 12.1 Å². The van der Waals surface area contributed by atoms with Crippen LogP contribution in [0.2, 0.25) is 0 Å². The lowest BCUT2D eigenvalue weighted by atomic mass is 10.2. The van der Waals surface area contributed by atoms with Crippen molar-refractivity contribution in [2.24, 2.45) is 0 Å². The molecule has 0 saturated carbocycles. The number of carbonyl (C=O) groups excluding carboxylic acids is 1. The van der Waals surface area contributed by atoms with Crippen molar-refractivity contribution in [3.63, 3.8) is 0 Å². The Balaban J connectivity index is 1.71. The molecule has 1 aliphatic rings. The topological polar surface area (TPSA) is 26.3 Å². The molecule has 0 aromatic heterocycles. The third-order valence-corrected chi connectivity index (χ3v) is 7.50. The average molecular weight is 417 g/mol. The minimum Gasteiger partial charge on any atom is -0.459 e. The maximum Gasteiger partial charge on any atom is 0.330 e. The maximum absolute atomic E-state index is 11.1. The SMILES string of the molecule is C=CC(=O)OC(C)CSCC1=CSC(c2ccc(Br)cc2)S1. The molecule has 0 spiro atoms. The van der Waals surface area contributed by atoms with Crippen molar-refractivity contribution < 1.29 is 9.53 Å². The van der Waals surface area contributed by atoms with Gasteiger partial charge < -0.3 is 4.74 Å². The first-order valence-electron chi connectivity index (χ1n) is 6.76. The number of halogens is 1. The van der Waals surface area contributed by atoms with Crippen LogP contribution >= 0.6 is 51.2 Å². The normalized spacial score (nSPS) is 18.6. The van der Waals surface area contributed by atoms with Crippen LogP contribution in [0, 0.1) is 0 Å². The van der Waals surface area contributed by atoms with E-state index in [1.807, 2.05) is 30.4 Å². The van der Waals surface area contributed by atoms with Gasteiger partial charge in [0, 0.05) is 27.0 Å². The van der Waals surface area contributed by atoms with Crippen LogP contribution < -0.4 is 0 Å². The second-order valence-corrected chi connectivity index (χ2v) is 9.14. The third-order valence-electron chi connectivity index (χ3n) is 2.80. The van der Waals surface area contributed by atoms with Crippen LogP contribution in [0.15, 0.2) is 51.7 Å². The Bertz CT molecular complexity index is 557. The highest BCUT2D eigenvalue weighted by molar-refractivity contribution is 9.10. The molecule has 0 fully saturated rings. The number of hydrogen-bond donors (Lipinski definition) is 0. The van der Waals surface area contributed by atoms with Gasteiger partial charge in [-0.25, -0.2) is 4.79 Å². The quantitative estimate of drug-likeness (QED) is 0.424. The third kappa shape index (κ3) is 5.72. The summed E-state index contributed by atoms with van der Waals surface area (Å²) < 4.78 is 6.70. The van der Waals surface area contributed by atoms with Gasteiger partial charge in [-0.3, -0.25) is 0 Å². The van der Waals surface area contributed by atoms with Crippen molar-refractivity contribution in [1.82, 2.24) is 0 Å². The van der Waals surface area contributed by atoms with Crippen molar-refractivity contribution >= 4 is 57.2 Å². The Morgan fingerprint density at radius 1 is 1.50 bits per heavy atom. The lowest BCUT2D eigenvalue weighted by Crippen LogP contribution is -2.15. The molecule has 2 atom stereocenters. The second kappa shape index (κ2) is 9.11. The molecule has 0 aliphatic carbocycles. The summed E-state index contributed by atoms with van der Waals surface area (Å²) in [6.45, 7) is 5.31. The van der Waals surface area contributed by atoms with Gasteiger partial charge in [0.25, 0.3) is 0 Å². The molecule has 1 aromatic carbocycles. The van der Waals surface area contributed by atoms with Gasteiger partial charge in [0.15, 0.2) is 0 Å². The van der Waals surface area contributed by atoms with Crippen LogP contribution in [0.5, 0.6) is 0 Å². The van der Waals surface area contributed by atoms with E-state index < -0.39 is 0 Å². The summed E-state index contributed by atoms with van der Waals surface area (Å²) in [4.78, 5) is 12.5. The molecule has 2 rings (SSSR count). The highest BCUT2D eigenvalue weighted by atomic mass is 79.9. The summed E-state index contributed by atoms with van der Waals surface area (Å²) in [6.07, 6.45) is 1.12. The van der Waals surface area contributed by atoms with Crippen molar-refractivity contribution in [3.05, 3.63) is 57.3 Å². The first kappa shape index (κ1) is 18.0. The van der Waals surface area contributed by atoms with Gasteiger partial charge in [-0.2, -0.15) is 11.8 Å². The number of hydrogen-bond acceptors (Lipinski definition) is 5. The summed E-state index contributed by atoms with van der Waals surface area (Å²) >= 11 is 9.01. The number of esters is 1. The Morgan fingerprint density at radius 2 is 2.23 bits per heavy atom. The van der Waals surface area contributed by atoms with Gasteiger partial charge >= 0.3 is 5.97 Å². The molecule has 2 nitrogen and oxygen atoms in total. The predicted octanol–water partition coefficient (Wildman–Crippen LogP) is 5.62. The Labute approximate surface area is 152 Å². The monoisotopic (exact) mass is 416 g/mol. The number of carbonyl (C=O) groups is 1. The van der Waals surface area contributed by atoms with E-state index in [1.54, 1.807) is 11.8 Å². The molecule has 6 heteroatoms. The standard InChI is InChI=1S/C16H17BrO2S3/c1-3-15(18)19-11(2)8-20-9-14-10-21-16(22-14)12-4-6-13(17)7-5-12/h3-7,10-11,16H,1,8-9H2,2H3. The molecule has 0 radical (unpaired) electrons. The van der Waals surface area contributed by atoms with Crippen molar-refractivity contribution in [2.45, 2.75) is 17.6 Å². The fraction of sp³-hybridized carbons (Fsp3) is 0.312. The number of ether oxygens (including phenoxy) is 1. The summed E-state index contributed by atoms with van der Waals surface area (Å²) in [5.41, 5.74) is 1.34. The summed E-state index contributed by atoms with van der Waals surface area (Å²) in [5, 5.41) is 2.24. The zero-order valence-electron chi connectivity index (χ0n) is 12.2. The Hall–Kier alpha value is -0.300. The van der Waals surface area contributed by atoms with Crippen LogP contribution in [0.4, 0.5) is 0 Å². The predicted molar refractivity (Wildman–Crippen MR) is 103 cm³/mol. The Morgan fingerprint density at radius 3 is 2.91 bits per heavy atom. The average Bonchev–Trinajstić information content (AvgIpc) is 2.96. The molecule has 0 bridgehead atoms. The Kier molecular flexibility index (Phi) is 7.47. The minimum absolute atomic E-state index is 0.0857. The van der Waals surface area contributed by atoms with Crippen LogP contribution in [0.1, 0.15) is 17.1 Å².